The summed E-state index contributed by atoms with van der Waals surface area (Å²) in [5.74, 6) is 0.443. The van der Waals surface area contributed by atoms with Crippen LogP contribution >= 0.6 is 0 Å². The van der Waals surface area contributed by atoms with E-state index in [0.29, 0.717) is 11.5 Å². The van der Waals surface area contributed by atoms with Crippen molar-refractivity contribution in [2.24, 2.45) is 14.1 Å². The molecule has 0 aliphatic rings. The van der Waals surface area contributed by atoms with Crippen LogP contribution in [-0.4, -0.2) is 24.3 Å². The summed E-state index contributed by atoms with van der Waals surface area (Å²) in [6.45, 7) is 0. The minimum atomic E-state index is -0.473. The van der Waals surface area contributed by atoms with Gasteiger partial charge in [-0.25, -0.2) is 9.55 Å². The van der Waals surface area contributed by atoms with E-state index in [9.17, 15) is 10.1 Å². The van der Waals surface area contributed by atoms with Crippen LogP contribution in [0.4, 0.5) is 5.82 Å². The van der Waals surface area contributed by atoms with Crippen LogP contribution in [0.2, 0.25) is 0 Å². The Kier molecular flexibility index (Phi) is 2.00. The second-order valence-corrected chi connectivity index (χ2v) is 3.13. The quantitative estimate of drug-likeness (QED) is 0.537. The Morgan fingerprint density at radius 2 is 2.20 bits per heavy atom. The van der Waals surface area contributed by atoms with Gasteiger partial charge in [-0.05, 0) is 11.0 Å². The highest BCUT2D eigenvalue weighted by Gasteiger charge is 2.19. The second kappa shape index (κ2) is 3.19. The molecule has 0 aliphatic heterocycles. The number of rotatable bonds is 2. The molecular weight excluding hydrogens is 198 g/mol. The normalized spacial score (nSPS) is 10.5. The van der Waals surface area contributed by atoms with Crippen molar-refractivity contribution >= 4 is 5.82 Å². The first-order valence-electron chi connectivity index (χ1n) is 4.25. The molecule has 0 atom stereocenters. The first kappa shape index (κ1) is 9.38. The summed E-state index contributed by atoms with van der Waals surface area (Å²) in [6, 6.07) is 1.76. The average molecular weight is 207 g/mol. The molecule has 0 saturated heterocycles. The maximum atomic E-state index is 10.6. The van der Waals surface area contributed by atoms with Crippen molar-refractivity contribution in [3.05, 3.63) is 28.6 Å². The fourth-order valence-corrected chi connectivity index (χ4v) is 1.34. The van der Waals surface area contributed by atoms with Crippen LogP contribution in [0.25, 0.3) is 11.5 Å². The Bertz CT molecular complexity index is 513. The zero-order chi connectivity index (χ0) is 11.0. The van der Waals surface area contributed by atoms with Crippen molar-refractivity contribution in [1.29, 1.82) is 0 Å². The lowest BCUT2D eigenvalue weighted by molar-refractivity contribution is -0.391. The Morgan fingerprint density at radius 3 is 2.67 bits per heavy atom. The molecule has 2 rings (SSSR count). The van der Waals surface area contributed by atoms with Gasteiger partial charge in [-0.15, -0.1) is 0 Å². The summed E-state index contributed by atoms with van der Waals surface area (Å²) >= 11 is 0. The van der Waals surface area contributed by atoms with Gasteiger partial charge in [0.05, 0.1) is 7.05 Å². The van der Waals surface area contributed by atoms with Crippen LogP contribution < -0.4 is 0 Å². The SMILES string of the molecule is Cn1ccc(-c2ncc([N+](=O)[O-])n2C)n1. The van der Waals surface area contributed by atoms with E-state index in [2.05, 4.69) is 10.1 Å². The number of nitro groups is 1. The minimum absolute atomic E-state index is 0.0457. The average Bonchev–Trinajstić information content (AvgIpc) is 2.71. The predicted molar refractivity (Wildman–Crippen MR) is 52.1 cm³/mol. The van der Waals surface area contributed by atoms with Gasteiger partial charge in [0.2, 0.25) is 5.82 Å². The van der Waals surface area contributed by atoms with Gasteiger partial charge < -0.3 is 10.1 Å². The molecule has 0 fully saturated rings. The van der Waals surface area contributed by atoms with Gasteiger partial charge in [0.1, 0.15) is 6.20 Å². The number of imidazole rings is 1. The third-order valence-electron chi connectivity index (χ3n) is 2.09. The molecule has 0 saturated carbocycles. The molecule has 7 heteroatoms. The van der Waals surface area contributed by atoms with Gasteiger partial charge in [-0.3, -0.25) is 4.68 Å². The van der Waals surface area contributed by atoms with Crippen LogP contribution in [0.5, 0.6) is 0 Å². The molecule has 2 heterocycles. The molecular formula is C8H9N5O2. The smallest absolute Gasteiger partial charge is 0.342 e. The van der Waals surface area contributed by atoms with E-state index in [4.69, 9.17) is 0 Å². The van der Waals surface area contributed by atoms with Gasteiger partial charge in [0, 0.05) is 13.2 Å². The van der Waals surface area contributed by atoms with Gasteiger partial charge in [0.25, 0.3) is 0 Å². The topological polar surface area (TPSA) is 78.8 Å². The minimum Gasteiger partial charge on any atom is -0.358 e. The highest BCUT2D eigenvalue weighted by atomic mass is 16.6. The standard InChI is InChI=1S/C8H9N5O2/c1-11-4-3-6(10-11)8-9-5-7(12(8)2)13(14)15/h3-5H,1-2H3. The van der Waals surface area contributed by atoms with E-state index in [1.807, 2.05) is 0 Å². The molecule has 0 bridgehead atoms. The second-order valence-electron chi connectivity index (χ2n) is 3.13. The van der Waals surface area contributed by atoms with Gasteiger partial charge in [-0.1, -0.05) is 0 Å². The van der Waals surface area contributed by atoms with Crippen molar-refractivity contribution in [2.45, 2.75) is 0 Å². The highest BCUT2D eigenvalue weighted by molar-refractivity contribution is 5.51. The monoisotopic (exact) mass is 207 g/mol. The fourth-order valence-electron chi connectivity index (χ4n) is 1.34. The molecule has 0 aliphatic carbocycles. The summed E-state index contributed by atoms with van der Waals surface area (Å²) in [5, 5.41) is 14.7. The molecule has 78 valence electrons. The first-order valence-corrected chi connectivity index (χ1v) is 4.25. The maximum Gasteiger partial charge on any atom is 0.342 e. The van der Waals surface area contributed by atoms with Gasteiger partial charge in [0.15, 0.2) is 5.69 Å². The van der Waals surface area contributed by atoms with Crippen molar-refractivity contribution < 1.29 is 4.92 Å². The van der Waals surface area contributed by atoms with Crippen LogP contribution in [0, 0.1) is 10.1 Å². The number of nitrogens with zero attached hydrogens (tertiary/aromatic N) is 5. The van der Waals surface area contributed by atoms with Crippen molar-refractivity contribution in [3.8, 4) is 11.5 Å². The first-order chi connectivity index (χ1) is 7.09. The lowest BCUT2D eigenvalue weighted by Gasteiger charge is -1.95. The molecule has 2 aromatic rings. The van der Waals surface area contributed by atoms with E-state index in [1.165, 1.54) is 10.8 Å². The molecule has 0 N–H and O–H groups in total. The number of aryl methyl sites for hydroxylation is 1. The zero-order valence-electron chi connectivity index (χ0n) is 8.28. The molecule has 7 nitrogen and oxygen atoms in total. The number of hydrogen-bond donors (Lipinski definition) is 0. The summed E-state index contributed by atoms with van der Waals surface area (Å²) < 4.78 is 3.03. The molecule has 0 amide bonds. The Hall–Kier alpha value is -2.18. The van der Waals surface area contributed by atoms with Crippen molar-refractivity contribution in [3.63, 3.8) is 0 Å². The van der Waals surface area contributed by atoms with Crippen molar-refractivity contribution in [2.75, 3.05) is 0 Å². The molecule has 15 heavy (non-hydrogen) atoms. The van der Waals surface area contributed by atoms with Crippen LogP contribution in [-0.2, 0) is 14.1 Å². The third kappa shape index (κ3) is 1.47. The molecule has 2 aromatic heterocycles. The fraction of sp³-hybridized carbons (Fsp3) is 0.250. The van der Waals surface area contributed by atoms with Gasteiger partial charge in [-0.2, -0.15) is 5.10 Å². The van der Waals surface area contributed by atoms with Crippen molar-refractivity contribution in [1.82, 2.24) is 19.3 Å². The Labute approximate surface area is 85.1 Å². The van der Waals surface area contributed by atoms with E-state index in [1.54, 1.807) is 31.0 Å². The van der Waals surface area contributed by atoms with Gasteiger partial charge >= 0.3 is 5.82 Å². The molecule has 0 radical (unpaired) electrons. The predicted octanol–water partition coefficient (Wildman–Crippen LogP) is 0.729. The lowest BCUT2D eigenvalue weighted by Crippen LogP contribution is -1.99. The van der Waals surface area contributed by atoms with E-state index in [-0.39, 0.29) is 5.82 Å². The largest absolute Gasteiger partial charge is 0.358 e. The molecule has 0 spiro atoms. The van der Waals surface area contributed by atoms with E-state index < -0.39 is 4.92 Å². The maximum absolute atomic E-state index is 10.6. The lowest BCUT2D eigenvalue weighted by atomic mass is 10.4. The molecule has 0 unspecified atom stereocenters. The summed E-state index contributed by atoms with van der Waals surface area (Å²) in [5.41, 5.74) is 0.619. The summed E-state index contributed by atoms with van der Waals surface area (Å²) in [4.78, 5) is 14.1. The number of hydrogen-bond acceptors (Lipinski definition) is 4. The highest BCUT2D eigenvalue weighted by Crippen LogP contribution is 2.20. The van der Waals surface area contributed by atoms with E-state index in [0.717, 1.165) is 0 Å². The number of aromatic nitrogens is 4. The van der Waals surface area contributed by atoms with Crippen LogP contribution in [0.3, 0.4) is 0 Å². The van der Waals surface area contributed by atoms with Crippen LogP contribution in [0.15, 0.2) is 18.5 Å². The molecule has 0 aromatic carbocycles. The zero-order valence-corrected chi connectivity index (χ0v) is 8.28. The Morgan fingerprint density at radius 1 is 1.47 bits per heavy atom. The summed E-state index contributed by atoms with van der Waals surface area (Å²) in [6.07, 6.45) is 2.99. The summed E-state index contributed by atoms with van der Waals surface area (Å²) in [7, 11) is 3.37. The van der Waals surface area contributed by atoms with Crippen LogP contribution in [0.1, 0.15) is 0 Å². The third-order valence-corrected chi connectivity index (χ3v) is 2.09. The van der Waals surface area contributed by atoms with E-state index >= 15 is 0 Å². The Balaban J connectivity index is 2.50.